The van der Waals surface area contributed by atoms with Crippen LogP contribution in [0.3, 0.4) is 0 Å². The number of anilines is 2. The Morgan fingerprint density at radius 1 is 0.826 bits per heavy atom. The van der Waals surface area contributed by atoms with Crippen molar-refractivity contribution in [2.45, 2.75) is 13.8 Å². The molecule has 0 aliphatic rings. The summed E-state index contributed by atoms with van der Waals surface area (Å²) in [6, 6.07) is 20.1. The van der Waals surface area contributed by atoms with E-state index in [2.05, 4.69) is 42.7 Å². The molecular weight excluding hydrogens is 284 g/mol. The quantitative estimate of drug-likeness (QED) is 0.744. The number of fused-ring (bicyclic) bond motifs is 1. The number of amides is 1. The van der Waals surface area contributed by atoms with Crippen LogP contribution in [0.4, 0.5) is 11.4 Å². The SMILES string of the molecule is Cc1ccc(NCC(=O)Nc2ccc3ccccc3c2)cc1C. The molecule has 0 saturated carbocycles. The predicted octanol–water partition coefficient (Wildman–Crippen LogP) is 4.51. The van der Waals surface area contributed by atoms with Crippen molar-refractivity contribution in [3.05, 3.63) is 71.8 Å². The van der Waals surface area contributed by atoms with E-state index in [-0.39, 0.29) is 12.5 Å². The van der Waals surface area contributed by atoms with Gasteiger partial charge in [-0.2, -0.15) is 0 Å². The summed E-state index contributed by atoms with van der Waals surface area (Å²) in [7, 11) is 0. The number of benzene rings is 3. The lowest BCUT2D eigenvalue weighted by Crippen LogP contribution is -2.21. The summed E-state index contributed by atoms with van der Waals surface area (Å²) in [4.78, 5) is 12.1. The van der Waals surface area contributed by atoms with E-state index in [1.807, 2.05) is 42.5 Å². The Kier molecular flexibility index (Phi) is 4.29. The molecule has 3 aromatic carbocycles. The van der Waals surface area contributed by atoms with Crippen molar-refractivity contribution < 1.29 is 4.79 Å². The van der Waals surface area contributed by atoms with Crippen molar-refractivity contribution in [3.63, 3.8) is 0 Å². The number of carbonyl (C=O) groups is 1. The monoisotopic (exact) mass is 304 g/mol. The molecule has 0 fully saturated rings. The van der Waals surface area contributed by atoms with Gasteiger partial charge in [-0.3, -0.25) is 4.79 Å². The molecule has 0 aliphatic heterocycles. The van der Waals surface area contributed by atoms with Crippen molar-refractivity contribution >= 4 is 28.1 Å². The summed E-state index contributed by atoms with van der Waals surface area (Å²) in [6.45, 7) is 4.39. The second-order valence-electron chi connectivity index (χ2n) is 5.76. The first kappa shape index (κ1) is 15.1. The molecule has 0 aromatic heterocycles. The van der Waals surface area contributed by atoms with Gasteiger partial charge in [0.15, 0.2) is 0 Å². The van der Waals surface area contributed by atoms with E-state index in [1.165, 1.54) is 16.5 Å². The summed E-state index contributed by atoms with van der Waals surface area (Å²) < 4.78 is 0. The molecule has 0 unspecified atom stereocenters. The molecule has 2 N–H and O–H groups in total. The molecule has 3 nitrogen and oxygen atoms in total. The Balaban J connectivity index is 1.62. The van der Waals surface area contributed by atoms with Gasteiger partial charge in [0.05, 0.1) is 6.54 Å². The van der Waals surface area contributed by atoms with Gasteiger partial charge in [-0.15, -0.1) is 0 Å². The van der Waals surface area contributed by atoms with Gasteiger partial charge in [0.25, 0.3) is 0 Å². The van der Waals surface area contributed by atoms with Crippen LogP contribution < -0.4 is 10.6 Å². The van der Waals surface area contributed by atoms with Crippen molar-refractivity contribution in [1.29, 1.82) is 0 Å². The molecule has 0 heterocycles. The molecule has 1 amide bonds. The molecule has 0 aliphatic carbocycles. The molecule has 0 saturated heterocycles. The fourth-order valence-electron chi connectivity index (χ4n) is 2.51. The second kappa shape index (κ2) is 6.53. The molecule has 23 heavy (non-hydrogen) atoms. The molecular formula is C20H20N2O. The number of hydrogen-bond acceptors (Lipinski definition) is 2. The Bertz CT molecular complexity index is 855. The van der Waals surface area contributed by atoms with Gasteiger partial charge in [0.2, 0.25) is 5.91 Å². The maximum Gasteiger partial charge on any atom is 0.243 e. The second-order valence-corrected chi connectivity index (χ2v) is 5.76. The molecule has 0 spiro atoms. The lowest BCUT2D eigenvalue weighted by Gasteiger charge is -2.10. The minimum atomic E-state index is -0.0569. The number of nitrogens with one attached hydrogen (secondary N) is 2. The molecule has 3 rings (SSSR count). The first-order chi connectivity index (χ1) is 11.1. The van der Waals surface area contributed by atoms with Crippen molar-refractivity contribution in [2.75, 3.05) is 17.2 Å². The third kappa shape index (κ3) is 3.69. The van der Waals surface area contributed by atoms with Gasteiger partial charge in [-0.05, 0) is 60.0 Å². The predicted molar refractivity (Wildman–Crippen MR) is 97.0 cm³/mol. The normalized spacial score (nSPS) is 10.5. The maximum atomic E-state index is 12.1. The molecule has 0 atom stereocenters. The average Bonchev–Trinajstić information content (AvgIpc) is 2.56. The first-order valence-electron chi connectivity index (χ1n) is 7.71. The summed E-state index contributed by atoms with van der Waals surface area (Å²) in [5.74, 6) is -0.0569. The highest BCUT2D eigenvalue weighted by Crippen LogP contribution is 2.19. The Morgan fingerprint density at radius 2 is 1.57 bits per heavy atom. The fourth-order valence-corrected chi connectivity index (χ4v) is 2.51. The summed E-state index contributed by atoms with van der Waals surface area (Å²) in [6.07, 6.45) is 0. The lowest BCUT2D eigenvalue weighted by molar-refractivity contribution is -0.114. The minimum Gasteiger partial charge on any atom is -0.376 e. The van der Waals surface area contributed by atoms with Crippen LogP contribution in [0.5, 0.6) is 0 Å². The molecule has 116 valence electrons. The zero-order valence-corrected chi connectivity index (χ0v) is 13.4. The van der Waals surface area contributed by atoms with Crippen LogP contribution in [-0.4, -0.2) is 12.5 Å². The lowest BCUT2D eigenvalue weighted by atomic mass is 10.1. The van der Waals surface area contributed by atoms with Gasteiger partial charge in [-0.1, -0.05) is 36.4 Å². The summed E-state index contributed by atoms with van der Waals surface area (Å²) in [5.41, 5.74) is 4.23. The molecule has 3 aromatic rings. The summed E-state index contributed by atoms with van der Waals surface area (Å²) >= 11 is 0. The van der Waals surface area contributed by atoms with E-state index in [4.69, 9.17) is 0 Å². The van der Waals surface area contributed by atoms with E-state index in [0.29, 0.717) is 0 Å². The standard InChI is InChI=1S/C20H20N2O/c1-14-7-9-18(11-15(14)2)21-13-20(23)22-19-10-8-16-5-3-4-6-17(16)12-19/h3-12,21H,13H2,1-2H3,(H,22,23). The number of rotatable bonds is 4. The van der Waals surface area contributed by atoms with Gasteiger partial charge < -0.3 is 10.6 Å². The van der Waals surface area contributed by atoms with Crippen LogP contribution in [0.15, 0.2) is 60.7 Å². The number of aryl methyl sites for hydroxylation is 2. The van der Waals surface area contributed by atoms with Crippen LogP contribution in [-0.2, 0) is 4.79 Å². The van der Waals surface area contributed by atoms with Crippen molar-refractivity contribution in [2.24, 2.45) is 0 Å². The minimum absolute atomic E-state index is 0.0569. The van der Waals surface area contributed by atoms with Crippen LogP contribution in [0.2, 0.25) is 0 Å². The highest BCUT2D eigenvalue weighted by atomic mass is 16.1. The zero-order chi connectivity index (χ0) is 16.2. The van der Waals surface area contributed by atoms with E-state index in [0.717, 1.165) is 16.8 Å². The third-order valence-electron chi connectivity index (χ3n) is 3.99. The van der Waals surface area contributed by atoms with Crippen LogP contribution in [0.25, 0.3) is 10.8 Å². The molecule has 0 bridgehead atoms. The van der Waals surface area contributed by atoms with Gasteiger partial charge in [0.1, 0.15) is 0 Å². The fraction of sp³-hybridized carbons (Fsp3) is 0.150. The molecule has 0 radical (unpaired) electrons. The number of carbonyl (C=O) groups excluding carboxylic acids is 1. The Morgan fingerprint density at radius 3 is 2.35 bits per heavy atom. The van der Waals surface area contributed by atoms with Crippen LogP contribution >= 0.6 is 0 Å². The van der Waals surface area contributed by atoms with Crippen molar-refractivity contribution in [3.8, 4) is 0 Å². The topological polar surface area (TPSA) is 41.1 Å². The van der Waals surface area contributed by atoms with Crippen LogP contribution in [0.1, 0.15) is 11.1 Å². The Hall–Kier alpha value is -2.81. The third-order valence-corrected chi connectivity index (χ3v) is 3.99. The van der Waals surface area contributed by atoms with E-state index in [9.17, 15) is 4.79 Å². The number of hydrogen-bond donors (Lipinski definition) is 2. The van der Waals surface area contributed by atoms with Gasteiger partial charge >= 0.3 is 0 Å². The van der Waals surface area contributed by atoms with Crippen LogP contribution in [0, 0.1) is 13.8 Å². The van der Waals surface area contributed by atoms with Gasteiger partial charge in [-0.25, -0.2) is 0 Å². The largest absolute Gasteiger partial charge is 0.376 e. The Labute approximate surface area is 136 Å². The maximum absolute atomic E-state index is 12.1. The van der Waals surface area contributed by atoms with E-state index in [1.54, 1.807) is 0 Å². The smallest absolute Gasteiger partial charge is 0.243 e. The van der Waals surface area contributed by atoms with Crippen molar-refractivity contribution in [1.82, 2.24) is 0 Å². The van der Waals surface area contributed by atoms with E-state index >= 15 is 0 Å². The zero-order valence-electron chi connectivity index (χ0n) is 13.4. The highest BCUT2D eigenvalue weighted by Gasteiger charge is 2.04. The highest BCUT2D eigenvalue weighted by molar-refractivity contribution is 5.96. The first-order valence-corrected chi connectivity index (χ1v) is 7.71. The average molecular weight is 304 g/mol. The summed E-state index contributed by atoms with van der Waals surface area (Å²) in [5, 5.41) is 8.37. The molecule has 3 heteroatoms. The van der Waals surface area contributed by atoms with Gasteiger partial charge in [0, 0.05) is 11.4 Å². The van der Waals surface area contributed by atoms with E-state index < -0.39 is 0 Å².